The number of rotatable bonds is 2. The topological polar surface area (TPSA) is 57.5 Å². The number of para-hydroxylation sites is 1. The van der Waals surface area contributed by atoms with Gasteiger partial charge in [-0.05, 0) is 32.2 Å². The Hall–Kier alpha value is -2.73. The predicted molar refractivity (Wildman–Crippen MR) is 112 cm³/mol. The lowest BCUT2D eigenvalue weighted by Gasteiger charge is -2.50. The number of phenolic OH excluding ortho intramolecular Hbond substituents is 1. The van der Waals surface area contributed by atoms with E-state index in [0.717, 1.165) is 66.3 Å². The second kappa shape index (κ2) is 6.66. The molecule has 1 fully saturated rings. The van der Waals surface area contributed by atoms with Gasteiger partial charge in [0.05, 0.1) is 18.9 Å². The fraction of sp³-hybridized carbons (Fsp3) is 0.435. The van der Waals surface area contributed by atoms with Crippen molar-refractivity contribution in [3.8, 4) is 17.2 Å². The van der Waals surface area contributed by atoms with Crippen molar-refractivity contribution in [3.05, 3.63) is 53.1 Å². The normalized spacial score (nSPS) is 22.7. The molecule has 0 radical (unpaired) electrons. The fourth-order valence-electron chi connectivity index (χ4n) is 4.77. The fourth-order valence-corrected chi connectivity index (χ4v) is 4.77. The second-order valence-corrected chi connectivity index (χ2v) is 8.36. The summed E-state index contributed by atoms with van der Waals surface area (Å²) < 4.78 is 12.3. The van der Waals surface area contributed by atoms with Crippen LogP contribution in [0.5, 0.6) is 17.2 Å². The molecule has 6 nitrogen and oxygen atoms in total. The lowest BCUT2D eigenvalue weighted by atomic mass is 9.90. The largest absolute Gasteiger partial charge is 0.507 e. The summed E-state index contributed by atoms with van der Waals surface area (Å²) in [7, 11) is 3.83. The third-order valence-electron chi connectivity index (χ3n) is 6.44. The van der Waals surface area contributed by atoms with Crippen molar-refractivity contribution in [2.75, 3.05) is 27.2 Å². The number of aromatic hydroxyl groups is 1. The van der Waals surface area contributed by atoms with Crippen LogP contribution in [0.3, 0.4) is 0 Å². The molecular weight excluding hydrogens is 366 g/mol. The molecule has 29 heavy (non-hydrogen) atoms. The van der Waals surface area contributed by atoms with Crippen molar-refractivity contribution >= 4 is 5.71 Å². The lowest BCUT2D eigenvalue weighted by Crippen LogP contribution is -2.58. The van der Waals surface area contributed by atoms with Crippen molar-refractivity contribution in [3.63, 3.8) is 0 Å². The zero-order chi connectivity index (χ0) is 20.2. The van der Waals surface area contributed by atoms with Gasteiger partial charge in [-0.1, -0.05) is 23.8 Å². The Kier molecular flexibility index (Phi) is 4.21. The van der Waals surface area contributed by atoms with Gasteiger partial charge < -0.3 is 19.5 Å². The number of piperidine rings is 1. The summed E-state index contributed by atoms with van der Waals surface area (Å²) in [4.78, 5) is 2.33. The summed E-state index contributed by atoms with van der Waals surface area (Å²) in [5.74, 6) is 1.89. The molecule has 5 rings (SSSR count). The van der Waals surface area contributed by atoms with Gasteiger partial charge in [-0.2, -0.15) is 5.10 Å². The molecule has 1 N–H and O–H groups in total. The third-order valence-corrected chi connectivity index (χ3v) is 6.44. The molecule has 3 aliphatic heterocycles. The Morgan fingerprint density at radius 2 is 2.00 bits per heavy atom. The van der Waals surface area contributed by atoms with E-state index in [9.17, 15) is 5.11 Å². The first-order valence-corrected chi connectivity index (χ1v) is 10.2. The number of fused-ring (bicyclic) bond motifs is 4. The van der Waals surface area contributed by atoms with Crippen LogP contribution in [0.2, 0.25) is 0 Å². The highest BCUT2D eigenvalue weighted by molar-refractivity contribution is 6.04. The second-order valence-electron chi connectivity index (χ2n) is 8.36. The highest BCUT2D eigenvalue weighted by Crippen LogP contribution is 2.52. The molecular formula is C23H27N3O3. The Balaban J connectivity index is 1.63. The molecule has 0 unspecified atom stereocenters. The van der Waals surface area contributed by atoms with Gasteiger partial charge in [-0.15, -0.1) is 0 Å². The molecule has 152 valence electrons. The average molecular weight is 393 g/mol. The summed E-state index contributed by atoms with van der Waals surface area (Å²) in [6.45, 7) is 3.94. The van der Waals surface area contributed by atoms with Crippen LogP contribution in [-0.4, -0.2) is 53.7 Å². The van der Waals surface area contributed by atoms with Gasteiger partial charge in [0.1, 0.15) is 5.75 Å². The van der Waals surface area contributed by atoms with Crippen molar-refractivity contribution in [2.45, 2.75) is 38.0 Å². The van der Waals surface area contributed by atoms with Crippen LogP contribution in [0.15, 0.2) is 41.5 Å². The number of likely N-dealkylation sites (tertiary alicyclic amines) is 1. The third kappa shape index (κ3) is 2.85. The molecule has 2 aromatic carbocycles. The number of nitrogens with zero attached hydrogens (tertiary/aromatic N) is 3. The number of benzene rings is 2. The summed E-state index contributed by atoms with van der Waals surface area (Å²) in [5, 5.41) is 17.7. The van der Waals surface area contributed by atoms with Crippen LogP contribution >= 0.6 is 0 Å². The van der Waals surface area contributed by atoms with Crippen LogP contribution in [0.25, 0.3) is 0 Å². The predicted octanol–water partition coefficient (Wildman–Crippen LogP) is 3.67. The molecule has 0 aromatic heterocycles. The number of phenols is 1. The van der Waals surface area contributed by atoms with E-state index >= 15 is 0 Å². The van der Waals surface area contributed by atoms with E-state index < -0.39 is 5.72 Å². The van der Waals surface area contributed by atoms with E-state index in [-0.39, 0.29) is 11.8 Å². The molecule has 0 amide bonds. The highest BCUT2D eigenvalue weighted by atomic mass is 16.5. The maximum atomic E-state index is 10.5. The van der Waals surface area contributed by atoms with E-state index in [2.05, 4.69) is 23.0 Å². The van der Waals surface area contributed by atoms with Crippen molar-refractivity contribution in [1.82, 2.24) is 9.91 Å². The quantitative estimate of drug-likeness (QED) is 0.844. The van der Waals surface area contributed by atoms with Gasteiger partial charge in [0, 0.05) is 43.5 Å². The number of methoxy groups -OCH3 is 1. The van der Waals surface area contributed by atoms with Crippen molar-refractivity contribution in [2.24, 2.45) is 5.10 Å². The van der Waals surface area contributed by atoms with Gasteiger partial charge in [0.2, 0.25) is 5.72 Å². The number of hydrogen-bond acceptors (Lipinski definition) is 6. The molecule has 6 heteroatoms. The average Bonchev–Trinajstić information content (AvgIpc) is 3.18. The summed E-state index contributed by atoms with van der Waals surface area (Å²) in [5.41, 5.74) is 3.44. The van der Waals surface area contributed by atoms with Crippen LogP contribution < -0.4 is 9.47 Å². The van der Waals surface area contributed by atoms with Crippen LogP contribution in [0.4, 0.5) is 0 Å². The minimum atomic E-state index is -0.486. The molecule has 3 aliphatic rings. The maximum Gasteiger partial charge on any atom is 0.200 e. The monoisotopic (exact) mass is 393 g/mol. The van der Waals surface area contributed by atoms with E-state index in [4.69, 9.17) is 14.6 Å². The van der Waals surface area contributed by atoms with Gasteiger partial charge in [-0.25, -0.2) is 5.01 Å². The Labute approximate surface area is 171 Å². The molecule has 2 aromatic rings. The first-order valence-electron chi connectivity index (χ1n) is 10.2. The van der Waals surface area contributed by atoms with Gasteiger partial charge in [-0.3, -0.25) is 0 Å². The van der Waals surface area contributed by atoms with Gasteiger partial charge in [0.15, 0.2) is 11.5 Å². The van der Waals surface area contributed by atoms with Crippen molar-refractivity contribution < 1.29 is 14.6 Å². The number of hydrazone groups is 1. The van der Waals surface area contributed by atoms with E-state index in [0.29, 0.717) is 0 Å². The van der Waals surface area contributed by atoms with Crippen LogP contribution in [0, 0.1) is 6.92 Å². The van der Waals surface area contributed by atoms with Gasteiger partial charge >= 0.3 is 0 Å². The minimum Gasteiger partial charge on any atom is -0.507 e. The Bertz CT molecular complexity index is 979. The molecule has 1 atom stereocenters. The molecule has 0 saturated carbocycles. The van der Waals surface area contributed by atoms with E-state index in [1.54, 1.807) is 13.2 Å². The molecule has 0 bridgehead atoms. The molecule has 0 aliphatic carbocycles. The highest BCUT2D eigenvalue weighted by Gasteiger charge is 2.52. The molecule has 1 saturated heterocycles. The summed E-state index contributed by atoms with van der Waals surface area (Å²) in [6.07, 6.45) is 2.47. The van der Waals surface area contributed by atoms with Crippen LogP contribution in [-0.2, 0) is 0 Å². The minimum absolute atomic E-state index is 0.0761. The zero-order valence-electron chi connectivity index (χ0n) is 17.2. The van der Waals surface area contributed by atoms with E-state index in [1.165, 1.54) is 0 Å². The lowest BCUT2D eigenvalue weighted by molar-refractivity contribution is -0.148. The van der Waals surface area contributed by atoms with Crippen LogP contribution in [0.1, 0.15) is 42.0 Å². The van der Waals surface area contributed by atoms with E-state index in [1.807, 2.05) is 31.2 Å². The number of aryl methyl sites for hydroxylation is 1. The Morgan fingerprint density at radius 1 is 1.21 bits per heavy atom. The molecule has 3 heterocycles. The van der Waals surface area contributed by atoms with Gasteiger partial charge in [0.25, 0.3) is 0 Å². The Morgan fingerprint density at radius 3 is 2.76 bits per heavy atom. The maximum absolute atomic E-state index is 10.5. The zero-order valence-corrected chi connectivity index (χ0v) is 17.2. The SMILES string of the molecule is COc1cccc2c1OC1(CCN(C)CC1)N1N=C(c3cc(C)ccc3O)C[C@@H]21. The smallest absolute Gasteiger partial charge is 0.200 e. The first kappa shape index (κ1) is 18.3. The standard InChI is InChI=1S/C23H27N3O3/c1-15-7-8-20(27)17(13-15)18-14-19-16-5-4-6-21(28-3)22(16)29-23(26(19)24-18)9-11-25(2)12-10-23/h4-8,13,19,27H,9-12,14H2,1-3H3/t19-/m0/s1. The number of hydrogen-bond donors (Lipinski definition) is 1. The summed E-state index contributed by atoms with van der Waals surface area (Å²) in [6, 6.07) is 11.8. The number of ether oxygens (including phenoxy) is 2. The first-order chi connectivity index (χ1) is 14.0. The summed E-state index contributed by atoms with van der Waals surface area (Å²) >= 11 is 0. The van der Waals surface area contributed by atoms with Crippen molar-refractivity contribution in [1.29, 1.82) is 0 Å². The molecule has 1 spiro atoms.